The second-order valence-electron chi connectivity index (χ2n) is 11.4. The molecule has 0 N–H and O–H groups in total. The molecule has 4 heteroatoms. The Hall–Kier alpha value is -5.58. The molecular formula is C40H23N3S. The Morgan fingerprint density at radius 2 is 1.23 bits per heavy atom. The van der Waals surface area contributed by atoms with Gasteiger partial charge in [-0.15, -0.1) is 11.3 Å². The third-order valence-corrected chi connectivity index (χ3v) is 10.1. The highest BCUT2D eigenvalue weighted by Gasteiger charge is 2.31. The molecule has 204 valence electrons. The maximum absolute atomic E-state index is 5.44. The molecule has 3 heterocycles. The monoisotopic (exact) mass is 577 g/mol. The second-order valence-corrected chi connectivity index (χ2v) is 12.5. The molecule has 1 aliphatic heterocycles. The van der Waals surface area contributed by atoms with Gasteiger partial charge in [-0.05, 0) is 52.7 Å². The van der Waals surface area contributed by atoms with E-state index in [9.17, 15) is 0 Å². The van der Waals surface area contributed by atoms with Crippen LogP contribution in [0.5, 0.6) is 0 Å². The summed E-state index contributed by atoms with van der Waals surface area (Å²) in [5.41, 5.74) is 8.40. The molecule has 0 radical (unpaired) electrons. The molecule has 10 rings (SSSR count). The number of hydrogen-bond acceptors (Lipinski definition) is 4. The van der Waals surface area contributed by atoms with E-state index in [4.69, 9.17) is 9.97 Å². The van der Waals surface area contributed by atoms with Gasteiger partial charge in [0.15, 0.2) is 5.82 Å². The van der Waals surface area contributed by atoms with Gasteiger partial charge in [-0.3, -0.25) is 4.90 Å². The SMILES string of the molecule is c1ccc2c3c(ccc2c1)-c1cccc2cccc(c12)N3c1nc2ccccc2nc1-c1ccc2sc3ccccc3c2c1. The van der Waals surface area contributed by atoms with Crippen molar-refractivity contribution in [3.05, 3.63) is 140 Å². The van der Waals surface area contributed by atoms with Gasteiger partial charge in [-0.25, -0.2) is 9.97 Å². The minimum Gasteiger partial charge on any atom is -0.291 e. The summed E-state index contributed by atoms with van der Waals surface area (Å²) in [6.07, 6.45) is 0. The molecule has 0 saturated carbocycles. The van der Waals surface area contributed by atoms with Crippen LogP contribution in [0.1, 0.15) is 0 Å². The lowest BCUT2D eigenvalue weighted by Crippen LogP contribution is -2.18. The summed E-state index contributed by atoms with van der Waals surface area (Å²) >= 11 is 1.83. The third kappa shape index (κ3) is 3.31. The van der Waals surface area contributed by atoms with Crippen molar-refractivity contribution in [3.8, 4) is 22.4 Å². The van der Waals surface area contributed by atoms with Crippen LogP contribution in [0.25, 0.3) is 75.1 Å². The highest BCUT2D eigenvalue weighted by atomic mass is 32.1. The standard InChI is InChI=1S/C40H23N3S/c1-2-12-27-24(9-1)19-21-30-29-14-7-10-25-11-8-17-34(37(25)29)43(39(27)30)40-38(41-32-15-4-5-16-33(32)42-40)26-20-22-36-31(23-26)28-13-3-6-18-35(28)44-36/h1-23H. The number of fused-ring (bicyclic) bond motifs is 8. The van der Waals surface area contributed by atoms with E-state index in [1.165, 1.54) is 52.8 Å². The van der Waals surface area contributed by atoms with E-state index in [0.717, 1.165) is 39.5 Å². The Labute approximate surface area is 257 Å². The molecule has 0 aliphatic carbocycles. The van der Waals surface area contributed by atoms with Gasteiger partial charge in [0.25, 0.3) is 0 Å². The maximum atomic E-state index is 5.44. The van der Waals surface area contributed by atoms with Crippen molar-refractivity contribution >= 4 is 81.3 Å². The normalized spacial score (nSPS) is 12.5. The van der Waals surface area contributed by atoms with E-state index in [1.807, 2.05) is 23.5 Å². The van der Waals surface area contributed by atoms with Crippen molar-refractivity contribution < 1.29 is 0 Å². The van der Waals surface area contributed by atoms with Crippen LogP contribution < -0.4 is 4.90 Å². The molecular weight excluding hydrogens is 555 g/mol. The summed E-state index contributed by atoms with van der Waals surface area (Å²) in [5, 5.41) is 7.36. The predicted octanol–water partition coefficient (Wildman–Crippen LogP) is 11.4. The number of hydrogen-bond donors (Lipinski definition) is 0. The van der Waals surface area contributed by atoms with E-state index in [1.54, 1.807) is 0 Å². The molecule has 3 nitrogen and oxygen atoms in total. The fourth-order valence-corrected chi connectivity index (χ4v) is 8.09. The van der Waals surface area contributed by atoms with Gasteiger partial charge >= 0.3 is 0 Å². The van der Waals surface area contributed by atoms with Crippen LogP contribution in [0.3, 0.4) is 0 Å². The van der Waals surface area contributed by atoms with Gasteiger partial charge in [0.05, 0.1) is 22.4 Å². The van der Waals surface area contributed by atoms with E-state index >= 15 is 0 Å². The molecule has 0 unspecified atom stereocenters. The van der Waals surface area contributed by atoms with Gasteiger partial charge in [0, 0.05) is 42.1 Å². The van der Waals surface area contributed by atoms with Crippen LogP contribution in [0, 0.1) is 0 Å². The van der Waals surface area contributed by atoms with Crippen molar-refractivity contribution in [3.63, 3.8) is 0 Å². The molecule has 2 aromatic heterocycles. The predicted molar refractivity (Wildman–Crippen MR) is 187 cm³/mol. The molecule has 0 atom stereocenters. The number of benzene rings is 7. The maximum Gasteiger partial charge on any atom is 0.165 e. The lowest BCUT2D eigenvalue weighted by atomic mass is 9.88. The molecule has 0 amide bonds. The number of anilines is 3. The van der Waals surface area contributed by atoms with Crippen LogP contribution >= 0.6 is 11.3 Å². The first-order valence-electron chi connectivity index (χ1n) is 14.8. The van der Waals surface area contributed by atoms with Gasteiger partial charge in [-0.1, -0.05) is 103 Å². The molecule has 1 aliphatic rings. The topological polar surface area (TPSA) is 29.0 Å². The fourth-order valence-electron chi connectivity index (χ4n) is 7.00. The van der Waals surface area contributed by atoms with Crippen molar-refractivity contribution in [1.29, 1.82) is 0 Å². The van der Waals surface area contributed by atoms with E-state index in [2.05, 4.69) is 132 Å². The average molecular weight is 578 g/mol. The summed E-state index contributed by atoms with van der Waals surface area (Å²) in [5.74, 6) is 0.835. The summed E-state index contributed by atoms with van der Waals surface area (Å²) < 4.78 is 2.57. The average Bonchev–Trinajstić information content (AvgIpc) is 3.46. The first-order chi connectivity index (χ1) is 21.8. The number of rotatable bonds is 2. The van der Waals surface area contributed by atoms with Gasteiger partial charge in [0.2, 0.25) is 0 Å². The summed E-state index contributed by atoms with van der Waals surface area (Å²) in [4.78, 5) is 13.2. The zero-order valence-corrected chi connectivity index (χ0v) is 24.3. The van der Waals surface area contributed by atoms with E-state index in [-0.39, 0.29) is 0 Å². The largest absolute Gasteiger partial charge is 0.291 e. The Kier molecular flexibility index (Phi) is 4.87. The van der Waals surface area contributed by atoms with Crippen LogP contribution in [0.4, 0.5) is 17.2 Å². The Balaban J connectivity index is 1.35. The molecule has 7 aromatic carbocycles. The van der Waals surface area contributed by atoms with Crippen molar-refractivity contribution in [1.82, 2.24) is 9.97 Å². The highest BCUT2D eigenvalue weighted by molar-refractivity contribution is 7.25. The van der Waals surface area contributed by atoms with E-state index in [0.29, 0.717) is 0 Å². The Bertz CT molecular complexity index is 2630. The molecule has 0 saturated heterocycles. The Morgan fingerprint density at radius 1 is 0.500 bits per heavy atom. The van der Waals surface area contributed by atoms with Gasteiger partial charge in [-0.2, -0.15) is 0 Å². The zero-order chi connectivity index (χ0) is 28.8. The molecule has 9 aromatic rings. The van der Waals surface area contributed by atoms with Crippen molar-refractivity contribution in [2.24, 2.45) is 0 Å². The minimum atomic E-state index is 0.835. The van der Waals surface area contributed by atoms with Gasteiger partial charge in [0.1, 0.15) is 5.69 Å². The van der Waals surface area contributed by atoms with Crippen LogP contribution in [-0.2, 0) is 0 Å². The smallest absolute Gasteiger partial charge is 0.165 e. The summed E-state index contributed by atoms with van der Waals surface area (Å²) in [7, 11) is 0. The quantitative estimate of drug-likeness (QED) is 0.205. The first-order valence-corrected chi connectivity index (χ1v) is 15.7. The van der Waals surface area contributed by atoms with Crippen LogP contribution in [0.15, 0.2) is 140 Å². The number of nitrogens with zero attached hydrogens (tertiary/aromatic N) is 3. The molecule has 44 heavy (non-hydrogen) atoms. The fraction of sp³-hybridized carbons (Fsp3) is 0. The lowest BCUT2D eigenvalue weighted by Gasteiger charge is -2.34. The highest BCUT2D eigenvalue weighted by Crippen LogP contribution is 2.54. The van der Waals surface area contributed by atoms with E-state index < -0.39 is 0 Å². The number of thiophene rings is 1. The first kappa shape index (κ1) is 23.9. The summed E-state index contributed by atoms with van der Waals surface area (Å²) in [6.45, 7) is 0. The van der Waals surface area contributed by atoms with Gasteiger partial charge < -0.3 is 0 Å². The summed E-state index contributed by atoms with van der Waals surface area (Å²) in [6, 6.07) is 50.0. The molecule has 0 fully saturated rings. The van der Waals surface area contributed by atoms with Crippen molar-refractivity contribution in [2.45, 2.75) is 0 Å². The number of aromatic nitrogens is 2. The zero-order valence-electron chi connectivity index (χ0n) is 23.5. The lowest BCUT2D eigenvalue weighted by molar-refractivity contribution is 1.18. The van der Waals surface area contributed by atoms with Crippen molar-refractivity contribution in [2.75, 3.05) is 4.90 Å². The third-order valence-electron chi connectivity index (χ3n) is 8.95. The minimum absolute atomic E-state index is 0.835. The molecule has 0 bridgehead atoms. The second kappa shape index (κ2) is 8.96. The number of para-hydroxylation sites is 2. The Morgan fingerprint density at radius 3 is 2.14 bits per heavy atom. The van der Waals surface area contributed by atoms with Crippen LogP contribution in [0.2, 0.25) is 0 Å². The molecule has 0 spiro atoms. The van der Waals surface area contributed by atoms with Crippen LogP contribution in [-0.4, -0.2) is 9.97 Å².